The molecule has 0 fully saturated rings. The lowest BCUT2D eigenvalue weighted by Crippen LogP contribution is -2.03. The van der Waals surface area contributed by atoms with E-state index in [1.165, 1.54) is 18.2 Å². The minimum Gasteiger partial charge on any atom is -0.478 e. The molecule has 2 rings (SSSR count). The fourth-order valence-electron chi connectivity index (χ4n) is 1.56. The van der Waals surface area contributed by atoms with E-state index in [0.717, 1.165) is 6.20 Å². The smallest absolute Gasteiger partial charge is 0.339 e. The van der Waals surface area contributed by atoms with Crippen molar-refractivity contribution >= 4 is 23.9 Å². The van der Waals surface area contributed by atoms with Crippen LogP contribution in [0.1, 0.15) is 10.4 Å². The van der Waals surface area contributed by atoms with Gasteiger partial charge in [0.1, 0.15) is 5.56 Å². The average Bonchev–Trinajstić information content (AvgIpc) is 2.38. The molecule has 0 radical (unpaired) electrons. The number of rotatable bonds is 3. The molecule has 0 aliphatic carbocycles. The Hall–Kier alpha value is -2.61. The van der Waals surface area contributed by atoms with Crippen molar-refractivity contribution in [2.75, 3.05) is 0 Å². The summed E-state index contributed by atoms with van der Waals surface area (Å²) in [4.78, 5) is 27.6. The molecular weight excluding hydrogens is 270 g/mol. The number of benzene rings is 1. The number of carboxylic acids is 1. The van der Waals surface area contributed by atoms with Crippen LogP contribution in [0.25, 0.3) is 11.3 Å². The third-order valence-corrected chi connectivity index (χ3v) is 2.60. The van der Waals surface area contributed by atoms with E-state index in [4.69, 9.17) is 17.3 Å². The highest BCUT2D eigenvalue weighted by molar-refractivity contribution is 7.71. The maximum atomic E-state index is 11.1. The molecular formula is C11H7N3O4S. The van der Waals surface area contributed by atoms with Crippen molar-refractivity contribution in [3.05, 3.63) is 50.9 Å². The molecule has 1 aromatic heterocycles. The molecule has 0 spiro atoms. The van der Waals surface area contributed by atoms with Gasteiger partial charge in [-0.2, -0.15) is 0 Å². The Labute approximate surface area is 111 Å². The first kappa shape index (κ1) is 12.8. The zero-order chi connectivity index (χ0) is 14.0. The Morgan fingerprint density at radius 3 is 2.84 bits per heavy atom. The predicted molar refractivity (Wildman–Crippen MR) is 68.5 cm³/mol. The van der Waals surface area contributed by atoms with Gasteiger partial charge in [-0.3, -0.25) is 10.1 Å². The number of non-ortho nitro benzene ring substituents is 1. The minimum absolute atomic E-state index is 0.103. The second-order valence-corrected chi connectivity index (χ2v) is 3.98. The zero-order valence-corrected chi connectivity index (χ0v) is 10.2. The molecule has 0 amide bonds. The highest BCUT2D eigenvalue weighted by Gasteiger charge is 2.15. The first-order valence-electron chi connectivity index (χ1n) is 5.06. The van der Waals surface area contributed by atoms with Crippen molar-refractivity contribution < 1.29 is 14.8 Å². The highest BCUT2D eigenvalue weighted by atomic mass is 32.1. The fourth-order valence-corrected chi connectivity index (χ4v) is 1.71. The number of hydrogen-bond donors (Lipinski definition) is 2. The van der Waals surface area contributed by atoms with Crippen LogP contribution in [-0.4, -0.2) is 26.0 Å². The van der Waals surface area contributed by atoms with Crippen LogP contribution in [0, 0.1) is 14.9 Å². The summed E-state index contributed by atoms with van der Waals surface area (Å²) in [5.41, 5.74) is 0.315. The third kappa shape index (κ3) is 2.63. The second kappa shape index (κ2) is 4.94. The van der Waals surface area contributed by atoms with Crippen LogP contribution < -0.4 is 0 Å². The Morgan fingerprint density at radius 1 is 1.47 bits per heavy atom. The first-order chi connectivity index (χ1) is 8.99. The number of H-pyrrole nitrogens is 1. The van der Waals surface area contributed by atoms with Crippen molar-refractivity contribution in [1.29, 1.82) is 0 Å². The van der Waals surface area contributed by atoms with E-state index in [1.807, 2.05) is 0 Å². The van der Waals surface area contributed by atoms with E-state index in [0.29, 0.717) is 5.56 Å². The lowest BCUT2D eigenvalue weighted by Gasteiger charge is -2.05. The standard InChI is InChI=1S/C11H7N3O4S/c15-10(16)8-5-12-11(19)13-9(8)6-2-1-3-7(4-6)14(17)18/h1-5H,(H,15,16)(H,12,13,19). The van der Waals surface area contributed by atoms with Crippen molar-refractivity contribution in [1.82, 2.24) is 9.97 Å². The number of hydrogen-bond acceptors (Lipinski definition) is 5. The molecule has 7 nitrogen and oxygen atoms in total. The summed E-state index contributed by atoms with van der Waals surface area (Å²) in [6.07, 6.45) is 1.12. The number of carboxylic acid groups (broad SMARTS) is 1. The Morgan fingerprint density at radius 2 is 2.21 bits per heavy atom. The normalized spacial score (nSPS) is 10.1. The number of nitrogens with zero attached hydrogens (tertiary/aromatic N) is 2. The van der Waals surface area contributed by atoms with E-state index >= 15 is 0 Å². The largest absolute Gasteiger partial charge is 0.478 e. The summed E-state index contributed by atoms with van der Waals surface area (Å²) in [5.74, 6) is -1.19. The van der Waals surface area contributed by atoms with Gasteiger partial charge >= 0.3 is 5.97 Å². The molecule has 0 bridgehead atoms. The van der Waals surface area contributed by atoms with Gasteiger partial charge in [-0.15, -0.1) is 0 Å². The number of nitrogens with one attached hydrogen (secondary N) is 1. The van der Waals surface area contributed by atoms with E-state index in [1.54, 1.807) is 6.07 Å². The molecule has 0 saturated heterocycles. The third-order valence-electron chi connectivity index (χ3n) is 2.39. The Bertz CT molecular complexity index is 726. The zero-order valence-electron chi connectivity index (χ0n) is 9.36. The molecule has 0 aliphatic heterocycles. The minimum atomic E-state index is -1.19. The van der Waals surface area contributed by atoms with Crippen molar-refractivity contribution in [2.45, 2.75) is 0 Å². The number of nitro groups is 1. The maximum absolute atomic E-state index is 11.1. The van der Waals surface area contributed by atoms with Gasteiger partial charge in [-0.1, -0.05) is 12.1 Å². The van der Waals surface area contributed by atoms with Crippen LogP contribution in [0.15, 0.2) is 30.5 Å². The number of nitro benzene ring substituents is 1. The lowest BCUT2D eigenvalue weighted by atomic mass is 10.1. The topological polar surface area (TPSA) is 109 Å². The maximum Gasteiger partial charge on any atom is 0.339 e. The number of carbonyl (C=O) groups is 1. The van der Waals surface area contributed by atoms with Gasteiger partial charge in [0.25, 0.3) is 5.69 Å². The van der Waals surface area contributed by atoms with Crippen LogP contribution in [0.5, 0.6) is 0 Å². The summed E-state index contributed by atoms with van der Waals surface area (Å²) in [6, 6.07) is 5.61. The second-order valence-electron chi connectivity index (χ2n) is 3.59. The summed E-state index contributed by atoms with van der Waals surface area (Å²) in [5, 5.41) is 19.8. The van der Waals surface area contributed by atoms with Crippen LogP contribution in [0.4, 0.5) is 5.69 Å². The molecule has 1 heterocycles. The van der Waals surface area contributed by atoms with Crippen LogP contribution in [0.2, 0.25) is 0 Å². The van der Waals surface area contributed by atoms with Crippen LogP contribution in [-0.2, 0) is 0 Å². The van der Waals surface area contributed by atoms with Gasteiger partial charge in [0.2, 0.25) is 0 Å². The molecule has 2 N–H and O–H groups in total. The van der Waals surface area contributed by atoms with Gasteiger partial charge in [0.15, 0.2) is 4.77 Å². The van der Waals surface area contributed by atoms with E-state index in [9.17, 15) is 14.9 Å². The lowest BCUT2D eigenvalue weighted by molar-refractivity contribution is -0.384. The van der Waals surface area contributed by atoms with Crippen LogP contribution >= 0.6 is 12.2 Å². The average molecular weight is 277 g/mol. The number of aromatic nitrogens is 2. The molecule has 0 aliphatic rings. The van der Waals surface area contributed by atoms with Gasteiger partial charge < -0.3 is 10.1 Å². The quantitative estimate of drug-likeness (QED) is 0.506. The molecule has 0 saturated carbocycles. The van der Waals surface area contributed by atoms with Gasteiger partial charge in [0.05, 0.1) is 10.6 Å². The fraction of sp³-hybridized carbons (Fsp3) is 0. The highest BCUT2D eigenvalue weighted by Crippen LogP contribution is 2.24. The predicted octanol–water partition coefficient (Wildman–Crippen LogP) is 2.41. The van der Waals surface area contributed by atoms with E-state index in [2.05, 4.69) is 9.97 Å². The Kier molecular flexibility index (Phi) is 3.34. The van der Waals surface area contributed by atoms with Gasteiger partial charge in [0, 0.05) is 23.9 Å². The van der Waals surface area contributed by atoms with Crippen LogP contribution in [0.3, 0.4) is 0 Å². The van der Waals surface area contributed by atoms with Crippen molar-refractivity contribution in [3.8, 4) is 11.3 Å². The molecule has 0 atom stereocenters. The molecule has 19 heavy (non-hydrogen) atoms. The molecule has 2 aromatic rings. The number of aromatic carboxylic acids is 1. The summed E-state index contributed by atoms with van der Waals surface area (Å²) >= 11 is 4.84. The molecule has 1 aromatic carbocycles. The SMILES string of the molecule is O=C(O)c1cnc(=S)[nH]c1-c1cccc([N+](=O)[O-])c1. The molecule has 8 heteroatoms. The summed E-state index contributed by atoms with van der Waals surface area (Å²) < 4.78 is 0.103. The van der Waals surface area contributed by atoms with Crippen molar-refractivity contribution in [2.24, 2.45) is 0 Å². The first-order valence-corrected chi connectivity index (χ1v) is 5.47. The summed E-state index contributed by atoms with van der Waals surface area (Å²) in [7, 11) is 0. The molecule has 0 unspecified atom stereocenters. The monoisotopic (exact) mass is 277 g/mol. The van der Waals surface area contributed by atoms with Crippen molar-refractivity contribution in [3.63, 3.8) is 0 Å². The van der Waals surface area contributed by atoms with Gasteiger partial charge in [-0.25, -0.2) is 9.78 Å². The Balaban J connectivity index is 2.67. The molecule has 96 valence electrons. The number of aromatic amines is 1. The van der Waals surface area contributed by atoms with Gasteiger partial charge in [-0.05, 0) is 12.2 Å². The van der Waals surface area contributed by atoms with E-state index < -0.39 is 10.9 Å². The summed E-state index contributed by atoms with van der Waals surface area (Å²) in [6.45, 7) is 0. The van der Waals surface area contributed by atoms with E-state index in [-0.39, 0.29) is 21.7 Å².